The lowest BCUT2D eigenvalue weighted by Gasteiger charge is -2.12. The first-order valence-electron chi connectivity index (χ1n) is 42.1. The normalized spacial score (nSPS) is 11.3. The second kappa shape index (κ2) is 34.8. The maximum absolute atomic E-state index is 6.19. The predicted molar refractivity (Wildman–Crippen MR) is 535 cm³/mol. The molecule has 23 aromatic rings. The molecule has 18 aromatic carbocycles. The van der Waals surface area contributed by atoms with Gasteiger partial charge in [0, 0.05) is 87.8 Å². The first kappa shape index (κ1) is 79.6. The summed E-state index contributed by atoms with van der Waals surface area (Å²) >= 11 is 6.19. The van der Waals surface area contributed by atoms with Crippen molar-refractivity contribution in [3.63, 3.8) is 0 Å². The largest absolute Gasteiger partial charge is 0.309 e. The van der Waals surface area contributed by atoms with Crippen LogP contribution >= 0.6 is 21.5 Å². The zero-order valence-electron chi connectivity index (χ0n) is 68.5. The topological polar surface area (TPSA) is 92.1 Å². The van der Waals surface area contributed by atoms with Crippen molar-refractivity contribution in [2.24, 2.45) is 0 Å². The Morgan fingerprint density at radius 3 is 0.937 bits per heavy atom. The standard InChI is InChI=1S/C57H37N5.C34H23N3.C24H16ClN.CH4.H3P/c1-4-16-38(17-5-1)55-58-56(39-18-6-2-7-19-39)60-57(59-55)44-22-14-20-40(34-44)43-30-32-49-47-26-10-12-28-51(47)62(54(49)37-43)46-25-15-21-41(35-46)42-31-33-53-50(36-42)48-27-11-13-29-52(48)61(53)45-23-8-3-9-24-45;1-3-10-23(11-4-1)32-35-33(24-12-5-2-6-13-24)37-34(36-32)28-16-9-15-25(20-28)26-18-19-31-29(21-26)22-27-14-7-8-17-30(27)31;25-19-8-6-7-17(15-19)18-13-14-24-22(16-18)21-11-4-5-12-23(21)26(24)20-9-2-1-3-10-20;;/h1-37H;1-21H,22H2;1-16H;1H4;1H3. The van der Waals surface area contributed by atoms with Gasteiger partial charge >= 0.3 is 0 Å². The summed E-state index contributed by atoms with van der Waals surface area (Å²) in [7, 11) is 0. The quantitative estimate of drug-likeness (QED) is 0.107. The van der Waals surface area contributed by atoms with Gasteiger partial charge in [0.05, 0.1) is 33.1 Å². The van der Waals surface area contributed by atoms with Crippen LogP contribution < -0.4 is 0 Å². The molecule has 0 saturated carbocycles. The maximum Gasteiger partial charge on any atom is 0.164 e. The van der Waals surface area contributed by atoms with E-state index >= 15 is 0 Å². The fourth-order valence-electron chi connectivity index (χ4n) is 17.8. The van der Waals surface area contributed by atoms with Crippen molar-refractivity contribution in [2.45, 2.75) is 13.8 Å². The van der Waals surface area contributed by atoms with Crippen LogP contribution in [-0.2, 0) is 6.42 Å². The first-order chi connectivity index (χ1) is 61.9. The van der Waals surface area contributed by atoms with Gasteiger partial charge < -0.3 is 13.7 Å². The average Bonchev–Trinajstić information content (AvgIpc) is 1.60. The fraction of sp³-hybridized carbons (Fsp3) is 0.0172. The minimum absolute atomic E-state index is 0. The van der Waals surface area contributed by atoms with Crippen LogP contribution in [0.4, 0.5) is 0 Å². The number of halogens is 1. The highest BCUT2D eigenvalue weighted by atomic mass is 35.5. The highest BCUT2D eigenvalue weighted by Crippen LogP contribution is 2.43. The van der Waals surface area contributed by atoms with Crippen molar-refractivity contribution in [3.8, 4) is 141 Å². The molecule has 604 valence electrons. The molecule has 127 heavy (non-hydrogen) atoms. The van der Waals surface area contributed by atoms with Crippen LogP contribution in [0.1, 0.15) is 18.6 Å². The number of rotatable bonds is 13. The number of benzene rings is 18. The van der Waals surface area contributed by atoms with E-state index in [1.165, 1.54) is 105 Å². The van der Waals surface area contributed by atoms with Crippen molar-refractivity contribution < 1.29 is 0 Å². The van der Waals surface area contributed by atoms with Crippen molar-refractivity contribution in [2.75, 3.05) is 0 Å². The summed E-state index contributed by atoms with van der Waals surface area (Å²) in [4.78, 5) is 29.6. The Morgan fingerprint density at radius 2 is 0.472 bits per heavy atom. The monoisotopic (exact) mass is 1670 g/mol. The van der Waals surface area contributed by atoms with E-state index in [1.54, 1.807) is 0 Å². The molecule has 0 bridgehead atoms. The lowest BCUT2D eigenvalue weighted by molar-refractivity contribution is 1.07. The fourth-order valence-corrected chi connectivity index (χ4v) is 18.0. The van der Waals surface area contributed by atoms with Crippen LogP contribution in [0.3, 0.4) is 0 Å². The summed E-state index contributed by atoms with van der Waals surface area (Å²) in [6.45, 7) is 0. The number of nitrogens with zero attached hydrogens (tertiary/aromatic N) is 9. The molecule has 0 aliphatic heterocycles. The van der Waals surface area contributed by atoms with E-state index in [4.69, 9.17) is 41.5 Å². The molecule has 0 N–H and O–H groups in total. The lowest BCUT2D eigenvalue weighted by atomic mass is 9.98. The Labute approximate surface area is 745 Å². The highest BCUT2D eigenvalue weighted by molar-refractivity contribution is 6.92. The number of aromatic nitrogens is 9. The van der Waals surface area contributed by atoms with Gasteiger partial charge in [0.1, 0.15) is 0 Å². The minimum Gasteiger partial charge on any atom is -0.309 e. The molecule has 1 aliphatic carbocycles. The third-order valence-electron chi connectivity index (χ3n) is 23.7. The van der Waals surface area contributed by atoms with Gasteiger partial charge in [-0.05, 0) is 182 Å². The maximum atomic E-state index is 6.19. The Morgan fingerprint density at radius 1 is 0.181 bits per heavy atom. The van der Waals surface area contributed by atoms with Gasteiger partial charge in [0.2, 0.25) is 0 Å². The Kier molecular flexibility index (Phi) is 21.8. The summed E-state index contributed by atoms with van der Waals surface area (Å²) in [6, 6.07) is 157. The summed E-state index contributed by atoms with van der Waals surface area (Å²) in [6.07, 6.45) is 0.980. The number of fused-ring (bicyclic) bond motifs is 12. The Bertz CT molecular complexity index is 7900. The molecule has 0 radical (unpaired) electrons. The van der Waals surface area contributed by atoms with E-state index in [0.717, 1.165) is 89.5 Å². The van der Waals surface area contributed by atoms with Crippen molar-refractivity contribution in [3.05, 3.63) is 465 Å². The van der Waals surface area contributed by atoms with E-state index in [1.807, 2.05) is 140 Å². The Balaban J connectivity index is 0.000000132. The summed E-state index contributed by atoms with van der Waals surface area (Å²) < 4.78 is 7.10. The van der Waals surface area contributed by atoms with Gasteiger partial charge in [-0.25, -0.2) is 29.9 Å². The first-order valence-corrected chi connectivity index (χ1v) is 42.5. The van der Waals surface area contributed by atoms with Gasteiger partial charge in [-0.15, -0.1) is 0 Å². The number of hydrogen-bond acceptors (Lipinski definition) is 6. The predicted octanol–water partition coefficient (Wildman–Crippen LogP) is 30.3. The second-order valence-electron chi connectivity index (χ2n) is 31.4. The van der Waals surface area contributed by atoms with Crippen LogP contribution in [0.15, 0.2) is 449 Å². The van der Waals surface area contributed by atoms with E-state index in [9.17, 15) is 0 Å². The average molecular weight is 1670 g/mol. The molecule has 0 fully saturated rings. The van der Waals surface area contributed by atoms with Gasteiger partial charge in [0.15, 0.2) is 34.9 Å². The molecule has 11 heteroatoms. The smallest absolute Gasteiger partial charge is 0.164 e. The molecule has 1 aliphatic rings. The van der Waals surface area contributed by atoms with Crippen molar-refractivity contribution in [1.29, 1.82) is 0 Å². The van der Waals surface area contributed by atoms with E-state index in [0.29, 0.717) is 34.9 Å². The highest BCUT2D eigenvalue weighted by Gasteiger charge is 2.23. The van der Waals surface area contributed by atoms with Crippen LogP contribution in [0.2, 0.25) is 5.02 Å². The van der Waals surface area contributed by atoms with Crippen LogP contribution in [0.5, 0.6) is 0 Å². The van der Waals surface area contributed by atoms with Crippen LogP contribution in [-0.4, -0.2) is 43.6 Å². The van der Waals surface area contributed by atoms with Gasteiger partial charge in [-0.1, -0.05) is 359 Å². The molecule has 5 aromatic heterocycles. The van der Waals surface area contributed by atoms with Gasteiger partial charge in [0.25, 0.3) is 0 Å². The molecule has 24 rings (SSSR count). The molecule has 1 unspecified atom stereocenters. The van der Waals surface area contributed by atoms with E-state index in [2.05, 4.69) is 323 Å². The lowest BCUT2D eigenvalue weighted by Crippen LogP contribution is -2.00. The second-order valence-corrected chi connectivity index (χ2v) is 31.9. The molecule has 9 nitrogen and oxygen atoms in total. The summed E-state index contributed by atoms with van der Waals surface area (Å²) in [5.74, 6) is 3.94. The molecule has 0 spiro atoms. The van der Waals surface area contributed by atoms with Gasteiger partial charge in [-0.2, -0.15) is 9.90 Å². The van der Waals surface area contributed by atoms with E-state index in [-0.39, 0.29) is 17.3 Å². The molecular formula is C116H83ClN9P. The third-order valence-corrected chi connectivity index (χ3v) is 24.0. The van der Waals surface area contributed by atoms with Gasteiger partial charge in [-0.3, -0.25) is 0 Å². The molecule has 0 saturated heterocycles. The van der Waals surface area contributed by atoms with Crippen molar-refractivity contribution in [1.82, 2.24) is 43.6 Å². The molecule has 0 amide bonds. The Hall–Kier alpha value is -15.9. The van der Waals surface area contributed by atoms with Crippen LogP contribution in [0.25, 0.3) is 206 Å². The number of para-hydroxylation sites is 5. The SMILES string of the molecule is C.Clc1cccc(-c2ccc3c(c2)c2ccccc2n3-c2ccccc2)c1.P.c1ccc(-c2nc(-c3ccccc3)nc(-c3cccc(-c4ccc5c(c4)Cc4ccccc4-5)c3)n2)cc1.c1ccc(-c2nc(-c3ccccc3)nc(-c3cccc(-c4ccc5c6ccccc6n(-c6cccc(-c7ccc8c(c7)c7ccccc7n8-c7ccccc7)c6)c5c4)c3)n2)cc1. The van der Waals surface area contributed by atoms with Crippen molar-refractivity contribution >= 4 is 86.9 Å². The minimum atomic E-state index is 0. The number of hydrogen-bond donors (Lipinski definition) is 0. The third kappa shape index (κ3) is 15.5. The summed E-state index contributed by atoms with van der Waals surface area (Å²) in [5.41, 5.74) is 31.0. The van der Waals surface area contributed by atoms with E-state index < -0.39 is 0 Å². The zero-order valence-corrected chi connectivity index (χ0v) is 70.7. The summed E-state index contributed by atoms with van der Waals surface area (Å²) in [5, 5.41) is 8.17. The molecule has 5 heterocycles. The van der Waals surface area contributed by atoms with Crippen LogP contribution in [0, 0.1) is 0 Å². The zero-order chi connectivity index (χ0) is 83.1. The molecular weight excluding hydrogens is 1590 g/mol. The molecule has 1 atom stereocenters.